The fourth-order valence-electron chi connectivity index (χ4n) is 2.25. The van der Waals surface area contributed by atoms with Crippen LogP contribution in [-0.2, 0) is 13.1 Å². The quantitative estimate of drug-likeness (QED) is 0.823. The van der Waals surface area contributed by atoms with Crippen LogP contribution in [0.3, 0.4) is 0 Å². The van der Waals surface area contributed by atoms with Gasteiger partial charge in [0, 0.05) is 25.1 Å². The van der Waals surface area contributed by atoms with Crippen molar-refractivity contribution < 1.29 is 23.9 Å². The molecule has 1 N–H and O–H groups in total. The third-order valence-electron chi connectivity index (χ3n) is 3.28. The molecule has 2 rings (SSSR count). The van der Waals surface area contributed by atoms with Crippen molar-refractivity contribution in [1.82, 2.24) is 15.0 Å². The molecule has 8 heteroatoms. The number of aromatic nitrogens is 2. The van der Waals surface area contributed by atoms with Crippen molar-refractivity contribution in [1.29, 1.82) is 0 Å². The molecule has 0 aliphatic rings. The standard InChI is InChI=1S/C15H19N3O5/c1-9-16-14(17-23-9)8-18(2)7-12-11(15(19)20)5-10(21-3)6-13(12)22-4/h5-6H,7-8H2,1-4H3,(H,19,20). The van der Waals surface area contributed by atoms with Crippen LogP contribution in [0.1, 0.15) is 27.6 Å². The molecule has 0 saturated carbocycles. The van der Waals surface area contributed by atoms with E-state index in [1.54, 1.807) is 13.0 Å². The Labute approximate surface area is 133 Å². The lowest BCUT2D eigenvalue weighted by Crippen LogP contribution is -2.20. The van der Waals surface area contributed by atoms with E-state index in [1.807, 2.05) is 11.9 Å². The van der Waals surface area contributed by atoms with Crippen molar-refractivity contribution in [2.75, 3.05) is 21.3 Å². The monoisotopic (exact) mass is 321 g/mol. The highest BCUT2D eigenvalue weighted by Crippen LogP contribution is 2.30. The maximum absolute atomic E-state index is 11.5. The van der Waals surface area contributed by atoms with Crippen LogP contribution >= 0.6 is 0 Å². The fraction of sp³-hybridized carbons (Fsp3) is 0.400. The number of ether oxygens (including phenoxy) is 2. The molecule has 124 valence electrons. The second kappa shape index (κ2) is 7.10. The second-order valence-corrected chi connectivity index (χ2v) is 5.06. The highest BCUT2D eigenvalue weighted by atomic mass is 16.5. The summed E-state index contributed by atoms with van der Waals surface area (Å²) in [6, 6.07) is 3.14. The van der Waals surface area contributed by atoms with Gasteiger partial charge in [-0.05, 0) is 13.1 Å². The fourth-order valence-corrected chi connectivity index (χ4v) is 2.25. The summed E-state index contributed by atoms with van der Waals surface area (Å²) >= 11 is 0. The SMILES string of the molecule is COc1cc(OC)c(CN(C)Cc2noc(C)n2)c(C(=O)O)c1. The van der Waals surface area contributed by atoms with Gasteiger partial charge in [-0.25, -0.2) is 4.79 Å². The number of rotatable bonds is 7. The van der Waals surface area contributed by atoms with Crippen LogP contribution in [-0.4, -0.2) is 47.4 Å². The van der Waals surface area contributed by atoms with Gasteiger partial charge in [0.1, 0.15) is 11.5 Å². The summed E-state index contributed by atoms with van der Waals surface area (Å²) in [5.41, 5.74) is 0.695. The van der Waals surface area contributed by atoms with Gasteiger partial charge in [0.25, 0.3) is 0 Å². The molecule has 23 heavy (non-hydrogen) atoms. The Hall–Kier alpha value is -2.61. The smallest absolute Gasteiger partial charge is 0.336 e. The number of carboxylic acids is 1. The van der Waals surface area contributed by atoms with Gasteiger partial charge in [-0.2, -0.15) is 4.98 Å². The number of aryl methyl sites for hydroxylation is 1. The van der Waals surface area contributed by atoms with Gasteiger partial charge in [0.05, 0.1) is 26.3 Å². The lowest BCUT2D eigenvalue weighted by atomic mass is 10.0. The van der Waals surface area contributed by atoms with E-state index in [0.29, 0.717) is 41.9 Å². The largest absolute Gasteiger partial charge is 0.497 e. The minimum Gasteiger partial charge on any atom is -0.497 e. The molecule has 0 aliphatic carbocycles. The Morgan fingerprint density at radius 3 is 2.57 bits per heavy atom. The Balaban J connectivity index is 2.28. The summed E-state index contributed by atoms with van der Waals surface area (Å²) in [7, 11) is 4.80. The molecular weight excluding hydrogens is 302 g/mol. The van der Waals surface area contributed by atoms with Gasteiger partial charge in [0.2, 0.25) is 5.89 Å². The summed E-state index contributed by atoms with van der Waals surface area (Å²) in [5, 5.41) is 13.3. The van der Waals surface area contributed by atoms with Gasteiger partial charge in [0.15, 0.2) is 5.82 Å². The number of methoxy groups -OCH3 is 2. The third kappa shape index (κ3) is 3.98. The number of benzene rings is 1. The van der Waals surface area contributed by atoms with Gasteiger partial charge in [-0.15, -0.1) is 0 Å². The van der Waals surface area contributed by atoms with E-state index in [1.165, 1.54) is 20.3 Å². The molecule has 1 heterocycles. The Morgan fingerprint density at radius 1 is 1.30 bits per heavy atom. The molecule has 0 aliphatic heterocycles. The zero-order chi connectivity index (χ0) is 17.0. The summed E-state index contributed by atoms with van der Waals surface area (Å²) in [5.74, 6) is 0.870. The highest BCUT2D eigenvalue weighted by molar-refractivity contribution is 5.91. The van der Waals surface area contributed by atoms with E-state index in [0.717, 1.165) is 0 Å². The Bertz CT molecular complexity index is 698. The molecule has 0 spiro atoms. The van der Waals surface area contributed by atoms with E-state index < -0.39 is 5.97 Å². The predicted molar refractivity (Wildman–Crippen MR) is 80.7 cm³/mol. The molecule has 8 nitrogen and oxygen atoms in total. The van der Waals surface area contributed by atoms with Crippen molar-refractivity contribution in [3.05, 3.63) is 35.0 Å². The number of carbonyl (C=O) groups is 1. The van der Waals surface area contributed by atoms with Crippen molar-refractivity contribution in [3.8, 4) is 11.5 Å². The summed E-state index contributed by atoms with van der Waals surface area (Å²) in [6.07, 6.45) is 0. The first-order valence-corrected chi connectivity index (χ1v) is 6.90. The van der Waals surface area contributed by atoms with Gasteiger partial charge in [-0.3, -0.25) is 4.90 Å². The molecule has 1 aromatic carbocycles. The number of aromatic carboxylic acids is 1. The molecular formula is C15H19N3O5. The zero-order valence-corrected chi connectivity index (χ0v) is 13.5. The third-order valence-corrected chi connectivity index (χ3v) is 3.28. The van der Waals surface area contributed by atoms with Crippen molar-refractivity contribution in [3.63, 3.8) is 0 Å². The Kier molecular flexibility index (Phi) is 5.17. The lowest BCUT2D eigenvalue weighted by molar-refractivity contribution is 0.0693. The topological polar surface area (TPSA) is 97.9 Å². The first kappa shape index (κ1) is 16.8. The van der Waals surface area contributed by atoms with Crippen LogP contribution < -0.4 is 9.47 Å². The minimum atomic E-state index is -1.04. The highest BCUT2D eigenvalue weighted by Gasteiger charge is 2.19. The minimum absolute atomic E-state index is 0.136. The number of hydrogen-bond acceptors (Lipinski definition) is 7. The second-order valence-electron chi connectivity index (χ2n) is 5.06. The normalized spacial score (nSPS) is 10.8. The molecule has 0 unspecified atom stereocenters. The summed E-state index contributed by atoms with van der Waals surface area (Å²) in [4.78, 5) is 17.5. The van der Waals surface area contributed by atoms with E-state index in [9.17, 15) is 9.90 Å². The first-order chi connectivity index (χ1) is 10.9. The van der Waals surface area contributed by atoms with Crippen LogP contribution in [0, 0.1) is 6.92 Å². The van der Waals surface area contributed by atoms with E-state index >= 15 is 0 Å². The maximum atomic E-state index is 11.5. The van der Waals surface area contributed by atoms with Crippen molar-refractivity contribution in [2.24, 2.45) is 0 Å². The molecule has 0 saturated heterocycles. The van der Waals surface area contributed by atoms with E-state index in [2.05, 4.69) is 10.1 Å². The summed E-state index contributed by atoms with van der Waals surface area (Å²) < 4.78 is 15.4. The average molecular weight is 321 g/mol. The van der Waals surface area contributed by atoms with E-state index in [-0.39, 0.29) is 5.56 Å². The molecule has 0 radical (unpaired) electrons. The molecule has 0 atom stereocenters. The molecule has 2 aromatic rings. The number of hydrogen-bond donors (Lipinski definition) is 1. The van der Waals surface area contributed by atoms with Gasteiger partial charge < -0.3 is 19.1 Å². The maximum Gasteiger partial charge on any atom is 0.336 e. The molecule has 0 bridgehead atoms. The van der Waals surface area contributed by atoms with Crippen LogP contribution in [0.5, 0.6) is 11.5 Å². The van der Waals surface area contributed by atoms with E-state index in [4.69, 9.17) is 14.0 Å². The predicted octanol–water partition coefficient (Wildman–Crippen LogP) is 1.73. The lowest BCUT2D eigenvalue weighted by Gasteiger charge is -2.19. The molecule has 0 amide bonds. The van der Waals surface area contributed by atoms with Gasteiger partial charge in [-0.1, -0.05) is 5.16 Å². The molecule has 1 aromatic heterocycles. The van der Waals surface area contributed by atoms with Crippen LogP contribution in [0.2, 0.25) is 0 Å². The zero-order valence-electron chi connectivity index (χ0n) is 13.5. The first-order valence-electron chi connectivity index (χ1n) is 6.90. The van der Waals surface area contributed by atoms with Crippen molar-refractivity contribution in [2.45, 2.75) is 20.0 Å². The van der Waals surface area contributed by atoms with Crippen LogP contribution in [0.25, 0.3) is 0 Å². The van der Waals surface area contributed by atoms with Gasteiger partial charge >= 0.3 is 5.97 Å². The number of nitrogens with zero attached hydrogens (tertiary/aromatic N) is 3. The Morgan fingerprint density at radius 2 is 2.04 bits per heavy atom. The van der Waals surface area contributed by atoms with Crippen molar-refractivity contribution >= 4 is 5.97 Å². The molecule has 0 fully saturated rings. The number of carboxylic acid groups (broad SMARTS) is 1. The van der Waals surface area contributed by atoms with Crippen LogP contribution in [0.4, 0.5) is 0 Å². The average Bonchev–Trinajstić information content (AvgIpc) is 2.91. The summed E-state index contributed by atoms with van der Waals surface area (Å²) in [6.45, 7) is 2.49. The van der Waals surface area contributed by atoms with Crippen LogP contribution in [0.15, 0.2) is 16.7 Å².